The minimum atomic E-state index is 0.690. The first-order chi connectivity index (χ1) is 9.75. The van der Waals surface area contributed by atoms with E-state index in [-0.39, 0.29) is 0 Å². The molecule has 0 aliphatic heterocycles. The molecule has 0 amide bonds. The molecule has 0 aliphatic rings. The zero-order chi connectivity index (χ0) is 14.2. The van der Waals surface area contributed by atoms with Gasteiger partial charge in [0.05, 0.1) is 0 Å². The summed E-state index contributed by atoms with van der Waals surface area (Å²) in [5.74, 6) is 2.12. The summed E-state index contributed by atoms with van der Waals surface area (Å²) < 4.78 is 0. The number of thiocarbonyl (C=S) groups is 1. The van der Waals surface area contributed by atoms with Crippen LogP contribution in [-0.4, -0.2) is 17.4 Å². The normalized spacial score (nSPS) is 10.2. The Morgan fingerprint density at radius 3 is 2.90 bits per heavy atom. The molecule has 0 atom stereocenters. The third kappa shape index (κ3) is 5.15. The van der Waals surface area contributed by atoms with Crippen LogP contribution in [0.25, 0.3) is 0 Å². The molecule has 2 rings (SSSR count). The van der Waals surface area contributed by atoms with Gasteiger partial charge in [-0.15, -0.1) is 0 Å². The largest absolute Gasteiger partial charge is 0.362 e. The van der Waals surface area contributed by atoms with Crippen molar-refractivity contribution < 1.29 is 0 Å². The number of aryl methyl sites for hydroxylation is 1. The standard InChI is InChI=1S/C15H18N2S3/c1-12-4-2-3-5-14(12)17-15(18)16-7-9-20-11-13-6-8-19-10-13/h2-6,8,10H,7,9,11H2,1H3,(H2,16,17,18). The topological polar surface area (TPSA) is 24.1 Å². The number of thiophene rings is 1. The summed E-state index contributed by atoms with van der Waals surface area (Å²) in [5, 5.41) is 11.5. The van der Waals surface area contributed by atoms with Crippen LogP contribution in [0, 0.1) is 6.92 Å². The summed E-state index contributed by atoms with van der Waals surface area (Å²) in [4.78, 5) is 0. The van der Waals surface area contributed by atoms with Crippen molar-refractivity contribution in [2.24, 2.45) is 0 Å². The average Bonchev–Trinajstić information content (AvgIpc) is 2.94. The fourth-order valence-electron chi connectivity index (χ4n) is 1.68. The van der Waals surface area contributed by atoms with Crippen molar-refractivity contribution in [2.45, 2.75) is 12.7 Å². The van der Waals surface area contributed by atoms with Crippen LogP contribution in [0.1, 0.15) is 11.1 Å². The van der Waals surface area contributed by atoms with Gasteiger partial charge in [0.15, 0.2) is 5.11 Å². The van der Waals surface area contributed by atoms with E-state index in [1.54, 1.807) is 11.3 Å². The Labute approximate surface area is 134 Å². The Bertz CT molecular complexity index is 538. The van der Waals surface area contributed by atoms with Crippen molar-refractivity contribution >= 4 is 46.1 Å². The number of para-hydroxylation sites is 1. The van der Waals surface area contributed by atoms with Gasteiger partial charge in [0.1, 0.15) is 0 Å². The minimum Gasteiger partial charge on any atom is -0.362 e. The molecule has 2 N–H and O–H groups in total. The van der Waals surface area contributed by atoms with Gasteiger partial charge in [-0.1, -0.05) is 18.2 Å². The molecule has 2 nitrogen and oxygen atoms in total. The first kappa shape index (κ1) is 15.4. The number of anilines is 1. The SMILES string of the molecule is Cc1ccccc1NC(=S)NCCSCc1ccsc1. The Morgan fingerprint density at radius 2 is 2.15 bits per heavy atom. The lowest BCUT2D eigenvalue weighted by molar-refractivity contribution is 0.989. The van der Waals surface area contributed by atoms with Crippen molar-refractivity contribution in [3.63, 3.8) is 0 Å². The fourth-order valence-corrected chi connectivity index (χ4v) is 3.47. The van der Waals surface area contributed by atoms with Crippen molar-refractivity contribution in [1.82, 2.24) is 5.32 Å². The van der Waals surface area contributed by atoms with Crippen molar-refractivity contribution in [3.05, 3.63) is 52.2 Å². The van der Waals surface area contributed by atoms with Crippen LogP contribution in [0.2, 0.25) is 0 Å². The second kappa shape index (κ2) is 8.29. The Kier molecular flexibility index (Phi) is 6.36. The predicted molar refractivity (Wildman–Crippen MR) is 95.9 cm³/mol. The maximum atomic E-state index is 5.30. The summed E-state index contributed by atoms with van der Waals surface area (Å²) in [6.45, 7) is 2.95. The predicted octanol–water partition coefficient (Wildman–Crippen LogP) is 4.28. The number of nitrogens with one attached hydrogen (secondary N) is 2. The van der Waals surface area contributed by atoms with Gasteiger partial charge in [0.2, 0.25) is 0 Å². The molecule has 0 radical (unpaired) electrons. The smallest absolute Gasteiger partial charge is 0.170 e. The van der Waals surface area contributed by atoms with Crippen LogP contribution in [0.3, 0.4) is 0 Å². The summed E-state index contributed by atoms with van der Waals surface area (Å²) in [6.07, 6.45) is 0. The zero-order valence-electron chi connectivity index (χ0n) is 11.4. The monoisotopic (exact) mass is 322 g/mol. The van der Waals surface area contributed by atoms with Crippen LogP contribution < -0.4 is 10.6 Å². The van der Waals surface area contributed by atoms with E-state index in [2.05, 4.69) is 40.5 Å². The molecule has 0 aliphatic carbocycles. The molecule has 0 unspecified atom stereocenters. The number of hydrogen-bond acceptors (Lipinski definition) is 3. The van der Waals surface area contributed by atoms with E-state index in [9.17, 15) is 0 Å². The van der Waals surface area contributed by atoms with Gasteiger partial charge in [-0.05, 0) is 53.2 Å². The molecular formula is C15H18N2S3. The Balaban J connectivity index is 1.62. The van der Waals surface area contributed by atoms with Gasteiger partial charge in [0.25, 0.3) is 0 Å². The van der Waals surface area contributed by atoms with Gasteiger partial charge in [-0.3, -0.25) is 0 Å². The zero-order valence-corrected chi connectivity index (χ0v) is 13.8. The molecule has 1 aromatic carbocycles. The van der Waals surface area contributed by atoms with E-state index in [1.165, 1.54) is 11.1 Å². The van der Waals surface area contributed by atoms with E-state index < -0.39 is 0 Å². The lowest BCUT2D eigenvalue weighted by atomic mass is 10.2. The van der Waals surface area contributed by atoms with Gasteiger partial charge in [-0.2, -0.15) is 23.1 Å². The number of benzene rings is 1. The first-order valence-electron chi connectivity index (χ1n) is 6.45. The fraction of sp³-hybridized carbons (Fsp3) is 0.267. The van der Waals surface area contributed by atoms with E-state index in [1.807, 2.05) is 30.0 Å². The third-order valence-electron chi connectivity index (χ3n) is 2.77. The Hall–Kier alpha value is -1.04. The van der Waals surface area contributed by atoms with Crippen LogP contribution >= 0.6 is 35.3 Å². The second-order valence-electron chi connectivity index (χ2n) is 4.38. The molecule has 0 saturated carbocycles. The first-order valence-corrected chi connectivity index (χ1v) is 8.95. The van der Waals surface area contributed by atoms with E-state index in [0.29, 0.717) is 5.11 Å². The highest BCUT2D eigenvalue weighted by atomic mass is 32.2. The molecule has 106 valence electrons. The van der Waals surface area contributed by atoms with E-state index in [0.717, 1.165) is 23.7 Å². The van der Waals surface area contributed by atoms with Gasteiger partial charge in [0, 0.05) is 23.7 Å². The molecule has 1 heterocycles. The third-order valence-corrected chi connectivity index (χ3v) is 4.78. The average molecular weight is 323 g/mol. The molecule has 0 saturated heterocycles. The maximum Gasteiger partial charge on any atom is 0.170 e. The minimum absolute atomic E-state index is 0.690. The molecule has 2 aromatic rings. The van der Waals surface area contributed by atoms with Crippen LogP contribution in [-0.2, 0) is 5.75 Å². The van der Waals surface area contributed by atoms with Gasteiger partial charge >= 0.3 is 0 Å². The second-order valence-corrected chi connectivity index (χ2v) is 6.67. The van der Waals surface area contributed by atoms with Crippen molar-refractivity contribution in [2.75, 3.05) is 17.6 Å². The summed E-state index contributed by atoms with van der Waals surface area (Å²) >= 11 is 8.97. The molecular weight excluding hydrogens is 304 g/mol. The number of thioether (sulfide) groups is 1. The highest BCUT2D eigenvalue weighted by molar-refractivity contribution is 7.98. The highest BCUT2D eigenvalue weighted by Gasteiger charge is 2.00. The van der Waals surface area contributed by atoms with Crippen LogP contribution in [0.15, 0.2) is 41.1 Å². The summed E-state index contributed by atoms with van der Waals surface area (Å²) in [7, 11) is 0. The lowest BCUT2D eigenvalue weighted by Crippen LogP contribution is -2.30. The molecule has 20 heavy (non-hydrogen) atoms. The maximum absolute atomic E-state index is 5.30. The van der Waals surface area contributed by atoms with Crippen LogP contribution in [0.5, 0.6) is 0 Å². The lowest BCUT2D eigenvalue weighted by Gasteiger charge is -2.12. The molecule has 0 spiro atoms. The van der Waals surface area contributed by atoms with Gasteiger partial charge in [-0.25, -0.2) is 0 Å². The van der Waals surface area contributed by atoms with E-state index in [4.69, 9.17) is 12.2 Å². The molecule has 5 heteroatoms. The van der Waals surface area contributed by atoms with Crippen molar-refractivity contribution in [1.29, 1.82) is 0 Å². The number of hydrogen-bond donors (Lipinski definition) is 2. The summed E-state index contributed by atoms with van der Waals surface area (Å²) in [6, 6.07) is 10.3. The summed E-state index contributed by atoms with van der Waals surface area (Å²) in [5.41, 5.74) is 3.67. The van der Waals surface area contributed by atoms with E-state index >= 15 is 0 Å². The van der Waals surface area contributed by atoms with Crippen LogP contribution in [0.4, 0.5) is 5.69 Å². The quantitative estimate of drug-likeness (QED) is 0.612. The molecule has 1 aromatic heterocycles. The van der Waals surface area contributed by atoms with Gasteiger partial charge < -0.3 is 10.6 Å². The Morgan fingerprint density at radius 1 is 1.30 bits per heavy atom. The van der Waals surface area contributed by atoms with Crippen molar-refractivity contribution in [3.8, 4) is 0 Å². The highest BCUT2D eigenvalue weighted by Crippen LogP contribution is 2.14. The number of rotatable bonds is 6. The molecule has 0 fully saturated rings. The molecule has 0 bridgehead atoms.